The molecule has 56 valence electrons. The molecule has 0 fully saturated rings. The second kappa shape index (κ2) is 4.51. The summed E-state index contributed by atoms with van der Waals surface area (Å²) >= 11 is 3.21. The van der Waals surface area contributed by atoms with E-state index >= 15 is 0 Å². The van der Waals surface area contributed by atoms with E-state index in [9.17, 15) is 0 Å². The van der Waals surface area contributed by atoms with Crippen LogP contribution in [0.1, 0.15) is 0 Å². The summed E-state index contributed by atoms with van der Waals surface area (Å²) in [6, 6.07) is 0. The number of nitrogens with one attached hydrogen (secondary N) is 1. The molecular formula is C5H9N3S2. The number of nitrogens with zero attached hydrogens (tertiary/aromatic N) is 2. The van der Waals surface area contributed by atoms with Crippen LogP contribution in [0.15, 0.2) is 6.33 Å². The van der Waals surface area contributed by atoms with E-state index in [0.717, 1.165) is 17.4 Å². The lowest BCUT2D eigenvalue weighted by atomic mass is 10.7. The van der Waals surface area contributed by atoms with Crippen molar-refractivity contribution in [2.45, 2.75) is 0 Å². The number of rotatable bonds is 4. The van der Waals surface area contributed by atoms with Crippen molar-refractivity contribution in [2.24, 2.45) is 0 Å². The van der Waals surface area contributed by atoms with Gasteiger partial charge in [0.05, 0.1) is 0 Å². The average molecular weight is 175 g/mol. The third-order valence-corrected chi connectivity index (χ3v) is 2.18. The van der Waals surface area contributed by atoms with Gasteiger partial charge in [0.2, 0.25) is 5.13 Å². The number of hydrogen-bond donors (Lipinski definition) is 1. The molecule has 0 spiro atoms. The summed E-state index contributed by atoms with van der Waals surface area (Å²) in [5.41, 5.74) is 0. The molecule has 0 bridgehead atoms. The fraction of sp³-hybridized carbons (Fsp3) is 0.600. The second-order valence-corrected chi connectivity index (χ2v) is 3.43. The summed E-state index contributed by atoms with van der Waals surface area (Å²) in [5.74, 6) is 1.11. The molecule has 0 saturated carbocycles. The highest BCUT2D eigenvalue weighted by Gasteiger charge is 1.91. The van der Waals surface area contributed by atoms with Crippen LogP contribution >= 0.6 is 23.3 Å². The lowest BCUT2D eigenvalue weighted by molar-refractivity contribution is 1.20. The first-order valence-corrected chi connectivity index (χ1v) is 5.09. The van der Waals surface area contributed by atoms with Crippen LogP contribution in [0.25, 0.3) is 0 Å². The van der Waals surface area contributed by atoms with E-state index in [4.69, 9.17) is 0 Å². The van der Waals surface area contributed by atoms with Crippen LogP contribution in [0.2, 0.25) is 0 Å². The smallest absolute Gasteiger partial charge is 0.202 e. The van der Waals surface area contributed by atoms with Gasteiger partial charge in [-0.05, 0) is 6.26 Å². The molecule has 0 aromatic carbocycles. The minimum atomic E-state index is 0.911. The third kappa shape index (κ3) is 2.53. The molecule has 1 aromatic rings. The Morgan fingerprint density at radius 3 is 3.30 bits per heavy atom. The SMILES string of the molecule is CSCCNc1ncns1. The third-order valence-electron chi connectivity index (χ3n) is 0.944. The van der Waals surface area contributed by atoms with Crippen LogP contribution in [-0.2, 0) is 0 Å². The Hall–Kier alpha value is -0.290. The van der Waals surface area contributed by atoms with Gasteiger partial charge in [-0.15, -0.1) is 0 Å². The first-order chi connectivity index (χ1) is 4.93. The predicted molar refractivity (Wildman–Crippen MR) is 46.8 cm³/mol. The van der Waals surface area contributed by atoms with Crippen LogP contribution in [0.5, 0.6) is 0 Å². The Balaban J connectivity index is 2.15. The van der Waals surface area contributed by atoms with E-state index < -0.39 is 0 Å². The topological polar surface area (TPSA) is 37.8 Å². The minimum Gasteiger partial charge on any atom is -0.359 e. The Kier molecular flexibility index (Phi) is 3.53. The lowest BCUT2D eigenvalue weighted by Crippen LogP contribution is -2.02. The first-order valence-electron chi connectivity index (χ1n) is 2.93. The van der Waals surface area contributed by atoms with Gasteiger partial charge in [-0.25, -0.2) is 4.98 Å². The average Bonchev–Trinajstić information content (AvgIpc) is 2.41. The Morgan fingerprint density at radius 2 is 2.70 bits per heavy atom. The monoisotopic (exact) mass is 175 g/mol. The molecule has 3 nitrogen and oxygen atoms in total. The Morgan fingerprint density at radius 1 is 1.80 bits per heavy atom. The zero-order valence-electron chi connectivity index (χ0n) is 5.70. The molecule has 5 heteroatoms. The van der Waals surface area contributed by atoms with Gasteiger partial charge in [0.15, 0.2) is 0 Å². The van der Waals surface area contributed by atoms with Crippen molar-refractivity contribution in [3.63, 3.8) is 0 Å². The summed E-state index contributed by atoms with van der Waals surface area (Å²) in [7, 11) is 0. The number of thioether (sulfide) groups is 1. The van der Waals surface area contributed by atoms with Crippen molar-refractivity contribution in [1.29, 1.82) is 0 Å². The van der Waals surface area contributed by atoms with Gasteiger partial charge in [-0.3, -0.25) is 0 Å². The largest absolute Gasteiger partial charge is 0.359 e. The maximum atomic E-state index is 3.98. The molecule has 0 aliphatic carbocycles. The summed E-state index contributed by atoms with van der Waals surface area (Å²) in [4.78, 5) is 3.98. The number of hydrogen-bond acceptors (Lipinski definition) is 5. The van der Waals surface area contributed by atoms with Crippen molar-refractivity contribution in [1.82, 2.24) is 9.36 Å². The highest BCUT2D eigenvalue weighted by molar-refractivity contribution is 7.98. The molecule has 0 amide bonds. The molecule has 1 aromatic heterocycles. The molecule has 0 aliphatic rings. The van der Waals surface area contributed by atoms with Crippen molar-refractivity contribution in [3.8, 4) is 0 Å². The quantitative estimate of drug-likeness (QED) is 0.700. The van der Waals surface area contributed by atoms with Crippen LogP contribution < -0.4 is 5.32 Å². The van der Waals surface area contributed by atoms with E-state index in [-0.39, 0.29) is 0 Å². The highest BCUT2D eigenvalue weighted by atomic mass is 32.2. The van der Waals surface area contributed by atoms with Gasteiger partial charge in [-0.2, -0.15) is 16.1 Å². The summed E-state index contributed by atoms with van der Waals surface area (Å²) < 4.78 is 3.86. The van der Waals surface area contributed by atoms with Crippen LogP contribution in [-0.4, -0.2) is 27.9 Å². The van der Waals surface area contributed by atoms with Crippen LogP contribution in [0, 0.1) is 0 Å². The molecule has 0 unspecified atom stereocenters. The van der Waals surface area contributed by atoms with E-state index in [1.165, 1.54) is 11.5 Å². The first kappa shape index (κ1) is 7.81. The molecular weight excluding hydrogens is 166 g/mol. The normalized spacial score (nSPS) is 9.70. The van der Waals surface area contributed by atoms with Gasteiger partial charge in [-0.1, -0.05) is 0 Å². The fourth-order valence-electron chi connectivity index (χ4n) is 0.511. The van der Waals surface area contributed by atoms with Gasteiger partial charge >= 0.3 is 0 Å². The number of aromatic nitrogens is 2. The summed E-state index contributed by atoms with van der Waals surface area (Å²) in [6.45, 7) is 0.969. The Bertz CT molecular complexity index is 163. The van der Waals surface area contributed by atoms with Gasteiger partial charge in [0, 0.05) is 23.8 Å². The zero-order valence-corrected chi connectivity index (χ0v) is 7.34. The maximum absolute atomic E-state index is 3.98. The molecule has 1 N–H and O–H groups in total. The highest BCUT2D eigenvalue weighted by Crippen LogP contribution is 2.05. The summed E-state index contributed by atoms with van der Waals surface area (Å²) in [6.07, 6.45) is 3.65. The standard InChI is InChI=1S/C5H9N3S2/c1-9-3-2-6-5-7-4-8-10-5/h4H,2-3H2,1H3,(H,6,7,8). The summed E-state index contributed by atoms with van der Waals surface area (Å²) in [5, 5.41) is 4.06. The molecule has 0 aliphatic heterocycles. The molecule has 0 saturated heterocycles. The van der Waals surface area contributed by atoms with Gasteiger partial charge < -0.3 is 5.32 Å². The van der Waals surface area contributed by atoms with Gasteiger partial charge in [0.1, 0.15) is 6.33 Å². The lowest BCUT2D eigenvalue weighted by Gasteiger charge is -1.97. The van der Waals surface area contributed by atoms with E-state index in [2.05, 4.69) is 20.9 Å². The molecule has 0 atom stereocenters. The molecule has 0 radical (unpaired) electrons. The molecule has 10 heavy (non-hydrogen) atoms. The van der Waals surface area contributed by atoms with Crippen molar-refractivity contribution >= 4 is 28.4 Å². The number of anilines is 1. The maximum Gasteiger partial charge on any atom is 0.202 e. The van der Waals surface area contributed by atoms with E-state index in [1.54, 1.807) is 6.33 Å². The van der Waals surface area contributed by atoms with Crippen molar-refractivity contribution in [2.75, 3.05) is 23.9 Å². The van der Waals surface area contributed by atoms with E-state index in [0.29, 0.717) is 0 Å². The van der Waals surface area contributed by atoms with Crippen molar-refractivity contribution < 1.29 is 0 Å². The second-order valence-electron chi connectivity index (χ2n) is 1.67. The van der Waals surface area contributed by atoms with Crippen LogP contribution in [0.3, 0.4) is 0 Å². The fourth-order valence-corrected chi connectivity index (χ4v) is 1.27. The Labute approximate surface area is 68.4 Å². The molecule has 1 heterocycles. The predicted octanol–water partition coefficient (Wildman–Crippen LogP) is 1.31. The van der Waals surface area contributed by atoms with Crippen molar-refractivity contribution in [3.05, 3.63) is 6.33 Å². The molecule has 1 rings (SSSR count). The van der Waals surface area contributed by atoms with Crippen LogP contribution in [0.4, 0.5) is 5.13 Å². The van der Waals surface area contributed by atoms with E-state index in [1.807, 2.05) is 11.8 Å². The minimum absolute atomic E-state index is 0.911. The van der Waals surface area contributed by atoms with Gasteiger partial charge in [0.25, 0.3) is 0 Å². The zero-order chi connectivity index (χ0) is 7.23.